The highest BCUT2D eigenvalue weighted by molar-refractivity contribution is 8.29. The van der Waals surface area contributed by atoms with Gasteiger partial charge in [-0.25, -0.2) is 9.79 Å². The van der Waals surface area contributed by atoms with Gasteiger partial charge in [0.15, 0.2) is 0 Å². The highest BCUT2D eigenvalue weighted by Crippen LogP contribution is 2.22. The monoisotopic (exact) mass is 786 g/mol. The topological polar surface area (TPSA) is 168 Å². The molecule has 0 aliphatic rings. The molecule has 0 saturated carbocycles. The van der Waals surface area contributed by atoms with Crippen molar-refractivity contribution in [1.29, 1.82) is 0 Å². The molecule has 0 spiro atoms. The van der Waals surface area contributed by atoms with E-state index in [4.69, 9.17) is 19.8 Å². The SMILES string of the molecule is O=C(NCSCSCN=CS(=O)CSCSCSCSC(=O)NCSCSCN=COOCSCO)OCSCO. The summed E-state index contributed by atoms with van der Waals surface area (Å²) in [5.41, 5.74) is 1.48. The Morgan fingerprint density at radius 2 is 1.39 bits per heavy atom. The fourth-order valence-corrected chi connectivity index (χ4v) is 10.9. The van der Waals surface area contributed by atoms with Crippen LogP contribution in [0, 0.1) is 0 Å². The van der Waals surface area contributed by atoms with Crippen molar-refractivity contribution in [2.24, 2.45) is 9.98 Å². The smallest absolute Gasteiger partial charge is 0.408 e. The summed E-state index contributed by atoms with van der Waals surface area (Å²) < 4.78 is 16.8. The summed E-state index contributed by atoms with van der Waals surface area (Å²) in [6.45, 7) is 0. The van der Waals surface area contributed by atoms with E-state index < -0.39 is 16.9 Å². The van der Waals surface area contributed by atoms with Crippen molar-refractivity contribution < 1.29 is 38.5 Å². The minimum atomic E-state index is -1.11. The van der Waals surface area contributed by atoms with Crippen LogP contribution in [-0.2, 0) is 25.3 Å². The van der Waals surface area contributed by atoms with Crippen molar-refractivity contribution in [3.05, 3.63) is 0 Å². The predicted molar refractivity (Wildman–Crippen MR) is 194 cm³/mol. The standard InChI is InChI=1S/C18H34N4O8S11/c23-7-35-9-28-17(25)21-4-33-12-32-3-20-6-41(27)16-39-14-37-13-38-15-40-18(26)22-5-34-11-31-2-19-1-29-30-10-36-8-24/h1,6,23-24H,2-5,7-16H2,(H,21,25)(H,22,26). The molecule has 23 heteroatoms. The molecule has 1 unspecified atom stereocenters. The van der Waals surface area contributed by atoms with Crippen molar-refractivity contribution in [1.82, 2.24) is 10.6 Å². The third-order valence-electron chi connectivity index (χ3n) is 3.07. The first-order valence-corrected chi connectivity index (χ1v) is 23.7. The van der Waals surface area contributed by atoms with E-state index in [2.05, 4.69) is 25.5 Å². The number of rotatable bonds is 29. The number of hydrogen-bond donors (Lipinski definition) is 4. The summed E-state index contributed by atoms with van der Waals surface area (Å²) in [5, 5.41) is 26.9. The molecule has 0 aliphatic carbocycles. The van der Waals surface area contributed by atoms with Gasteiger partial charge in [0.2, 0.25) is 6.40 Å². The highest BCUT2D eigenvalue weighted by Gasteiger charge is 2.03. The molecular formula is C18H34N4O8S11. The number of carbonyl (C=O) groups is 2. The number of ether oxygens (including phenoxy) is 1. The van der Waals surface area contributed by atoms with Gasteiger partial charge in [-0.3, -0.25) is 14.0 Å². The van der Waals surface area contributed by atoms with E-state index in [0.717, 1.165) is 32.1 Å². The molecular weight excluding hydrogens is 753 g/mol. The van der Waals surface area contributed by atoms with Crippen LogP contribution in [0.15, 0.2) is 9.98 Å². The summed E-state index contributed by atoms with van der Waals surface area (Å²) >= 11 is 14.8. The van der Waals surface area contributed by atoms with Gasteiger partial charge in [0.05, 0.1) is 56.8 Å². The lowest BCUT2D eigenvalue weighted by molar-refractivity contribution is -0.196. The molecule has 1 atom stereocenters. The molecule has 0 aromatic rings. The van der Waals surface area contributed by atoms with Gasteiger partial charge in [-0.15, -0.1) is 94.1 Å². The molecule has 0 aliphatic heterocycles. The summed E-state index contributed by atoms with van der Waals surface area (Å²) in [6.07, 6.45) is 0.704. The van der Waals surface area contributed by atoms with Crippen molar-refractivity contribution in [2.45, 2.75) is 0 Å². The zero-order valence-electron chi connectivity index (χ0n) is 21.8. The number of hydrogen-bond acceptors (Lipinski definition) is 20. The maximum Gasteiger partial charge on any atom is 0.408 e. The first-order chi connectivity index (χ1) is 20.1. The van der Waals surface area contributed by atoms with Gasteiger partial charge in [0.25, 0.3) is 5.24 Å². The first-order valence-electron chi connectivity index (χ1n) is 11.0. The quantitative estimate of drug-likeness (QED) is 0.0202. The third kappa shape index (κ3) is 35.8. The lowest BCUT2D eigenvalue weighted by Crippen LogP contribution is -2.23. The molecule has 0 saturated heterocycles. The number of nitrogens with one attached hydrogen (secondary N) is 2. The van der Waals surface area contributed by atoms with Gasteiger partial charge in [0, 0.05) is 25.4 Å². The normalized spacial score (nSPS) is 12.1. The summed E-state index contributed by atoms with van der Waals surface area (Å²) in [6, 6.07) is 0. The van der Waals surface area contributed by atoms with E-state index in [0.29, 0.717) is 33.7 Å². The number of carbonyl (C=O) groups excluding carboxylic acids is 2. The molecule has 4 N–H and O–H groups in total. The molecule has 0 bridgehead atoms. The second kappa shape index (κ2) is 35.9. The van der Waals surface area contributed by atoms with Crippen molar-refractivity contribution in [3.8, 4) is 0 Å². The molecule has 0 radical (unpaired) electrons. The van der Waals surface area contributed by atoms with Crippen LogP contribution in [-0.4, -0.2) is 115 Å². The minimum Gasteiger partial charge on any atom is -0.438 e. The summed E-state index contributed by atoms with van der Waals surface area (Å²) in [4.78, 5) is 40.7. The van der Waals surface area contributed by atoms with Gasteiger partial charge >= 0.3 is 6.09 Å². The predicted octanol–water partition coefficient (Wildman–Crippen LogP) is 4.90. The zero-order valence-corrected chi connectivity index (χ0v) is 30.8. The van der Waals surface area contributed by atoms with E-state index in [1.165, 1.54) is 47.2 Å². The minimum absolute atomic E-state index is 0.0250. The maximum atomic E-state index is 12.0. The van der Waals surface area contributed by atoms with E-state index in [-0.39, 0.29) is 29.0 Å². The number of alkyl carbamates (subject to hydrolysis) is 1. The Morgan fingerprint density at radius 3 is 2.15 bits per heavy atom. The Bertz CT molecular complexity index is 719. The van der Waals surface area contributed by atoms with E-state index in [9.17, 15) is 13.8 Å². The van der Waals surface area contributed by atoms with E-state index in [1.807, 2.05) is 0 Å². The second-order valence-electron chi connectivity index (χ2n) is 5.97. The Hall–Kier alpha value is 1.41. The molecule has 240 valence electrons. The lowest BCUT2D eigenvalue weighted by Gasteiger charge is -2.05. The summed E-state index contributed by atoms with van der Waals surface area (Å²) in [7, 11) is -1.11. The van der Waals surface area contributed by atoms with Gasteiger partial charge in [-0.1, -0.05) is 23.5 Å². The Morgan fingerprint density at radius 1 is 0.756 bits per heavy atom. The zero-order chi connectivity index (χ0) is 30.1. The molecule has 0 fully saturated rings. The number of amides is 2. The van der Waals surface area contributed by atoms with Crippen LogP contribution in [0.3, 0.4) is 0 Å². The van der Waals surface area contributed by atoms with Crippen LogP contribution in [0.2, 0.25) is 0 Å². The average molecular weight is 787 g/mol. The fraction of sp³-hybridized carbons (Fsp3) is 0.778. The second-order valence-corrected chi connectivity index (χ2v) is 19.0. The van der Waals surface area contributed by atoms with Gasteiger partial charge in [-0.2, -0.15) is 4.89 Å². The number of aliphatic imine (C=N–C) groups is 2. The molecule has 0 heterocycles. The summed E-state index contributed by atoms with van der Waals surface area (Å²) in [5.74, 6) is 2.22. The lowest BCUT2D eigenvalue weighted by atomic mass is 11.1. The molecule has 0 aromatic carbocycles. The Labute approximate surface area is 286 Å². The maximum absolute atomic E-state index is 12.0. The molecule has 0 rings (SSSR count). The van der Waals surface area contributed by atoms with Crippen LogP contribution < -0.4 is 10.6 Å². The Balaban J connectivity index is 3.39. The van der Waals surface area contributed by atoms with Crippen LogP contribution in [0.5, 0.6) is 0 Å². The van der Waals surface area contributed by atoms with Gasteiger partial charge in [-0.05, 0) is 0 Å². The van der Waals surface area contributed by atoms with Crippen LogP contribution in [0.1, 0.15) is 0 Å². The van der Waals surface area contributed by atoms with Crippen molar-refractivity contribution in [3.63, 3.8) is 0 Å². The fourth-order valence-electron chi connectivity index (χ4n) is 1.57. The van der Waals surface area contributed by atoms with E-state index in [1.54, 1.807) is 70.6 Å². The van der Waals surface area contributed by atoms with Crippen LogP contribution in [0.4, 0.5) is 9.59 Å². The Kier molecular flexibility index (Phi) is 37.1. The molecule has 0 aromatic heterocycles. The molecule has 41 heavy (non-hydrogen) atoms. The highest BCUT2D eigenvalue weighted by atomic mass is 32.3. The number of aliphatic hydroxyl groups excluding tert-OH is 2. The number of aliphatic hydroxyl groups is 2. The number of nitrogens with zero attached hydrogens (tertiary/aromatic N) is 2. The first kappa shape index (κ1) is 42.4. The third-order valence-corrected chi connectivity index (χ3v) is 14.2. The van der Waals surface area contributed by atoms with Gasteiger partial charge in [0.1, 0.15) is 11.9 Å². The van der Waals surface area contributed by atoms with Gasteiger partial charge < -0.3 is 30.5 Å². The van der Waals surface area contributed by atoms with Crippen molar-refractivity contribution >= 4 is 152 Å². The number of thioether (sulfide) groups is 10. The van der Waals surface area contributed by atoms with Crippen LogP contribution >= 0.6 is 118 Å². The average Bonchev–Trinajstić information content (AvgIpc) is 2.96. The molecule has 2 amide bonds. The molecule has 12 nitrogen and oxygen atoms in total. The largest absolute Gasteiger partial charge is 0.438 e. The van der Waals surface area contributed by atoms with Crippen molar-refractivity contribution in [2.75, 3.05) is 77.8 Å². The van der Waals surface area contributed by atoms with Crippen LogP contribution in [0.25, 0.3) is 0 Å². The van der Waals surface area contributed by atoms with E-state index >= 15 is 0 Å².